The summed E-state index contributed by atoms with van der Waals surface area (Å²) in [6.45, 7) is 8.34. The molecule has 0 spiro atoms. The van der Waals surface area contributed by atoms with Gasteiger partial charge in [0.2, 0.25) is 0 Å². The van der Waals surface area contributed by atoms with Crippen LogP contribution in [0.2, 0.25) is 0 Å². The summed E-state index contributed by atoms with van der Waals surface area (Å²) < 4.78 is 0. The Kier molecular flexibility index (Phi) is 9.02. The number of allylic oxidation sites excluding steroid dienone is 3. The van der Waals surface area contributed by atoms with Gasteiger partial charge in [0, 0.05) is 17.2 Å². The van der Waals surface area contributed by atoms with Crippen molar-refractivity contribution in [2.75, 3.05) is 0 Å². The van der Waals surface area contributed by atoms with E-state index in [0.29, 0.717) is 5.84 Å². The summed E-state index contributed by atoms with van der Waals surface area (Å²) >= 11 is 0. The van der Waals surface area contributed by atoms with Crippen LogP contribution in [0.5, 0.6) is 0 Å². The number of fused-ring (bicyclic) bond motifs is 1. The van der Waals surface area contributed by atoms with E-state index in [9.17, 15) is 0 Å². The van der Waals surface area contributed by atoms with Crippen LogP contribution in [0.15, 0.2) is 155 Å². The van der Waals surface area contributed by atoms with Gasteiger partial charge in [0.05, 0.1) is 0 Å². The van der Waals surface area contributed by atoms with Crippen LogP contribution in [-0.4, -0.2) is 17.9 Å². The molecule has 0 bridgehead atoms. The molecule has 0 amide bonds. The molecule has 0 saturated carbocycles. The number of aliphatic imine (C=N–C) groups is 2. The first kappa shape index (κ1) is 29.3. The number of hydrogen-bond donors (Lipinski definition) is 1. The third-order valence-electron chi connectivity index (χ3n) is 7.82. The van der Waals surface area contributed by atoms with E-state index in [1.807, 2.05) is 62.4 Å². The summed E-state index contributed by atoms with van der Waals surface area (Å²) in [5.74, 6) is 0.695. The Hall–Kier alpha value is -5.15. The van der Waals surface area contributed by atoms with Gasteiger partial charge in [-0.05, 0) is 64.1 Å². The monoisotopic (exact) mass is 559 g/mol. The molecule has 3 nitrogen and oxygen atoms in total. The third-order valence-corrected chi connectivity index (χ3v) is 7.82. The van der Waals surface area contributed by atoms with Crippen molar-refractivity contribution in [3.63, 3.8) is 0 Å². The molecule has 0 heterocycles. The lowest BCUT2D eigenvalue weighted by Crippen LogP contribution is -2.19. The Morgan fingerprint density at radius 1 is 0.698 bits per heavy atom. The Morgan fingerprint density at radius 2 is 1.30 bits per heavy atom. The van der Waals surface area contributed by atoms with Crippen LogP contribution in [0.3, 0.4) is 0 Å². The van der Waals surface area contributed by atoms with E-state index in [2.05, 4.69) is 110 Å². The standard InChI is InChI=1S/C40H37N3/c1-5-6-12-29(2)38(41)43-39(42-28-30-13-8-7-9-14-30)33-21-25-37(26-22-33)40(3,4)36-23-19-32(20-24-36)35-18-17-31-15-10-11-16-34(31)27-35/h5-28,41H,1-4H3/b6-5-,29-12+,41-38?,42-28?,43-39?. The second-order valence-electron chi connectivity index (χ2n) is 11.2. The van der Waals surface area contributed by atoms with Gasteiger partial charge in [0.1, 0.15) is 5.84 Å². The van der Waals surface area contributed by atoms with Crippen molar-refractivity contribution < 1.29 is 0 Å². The van der Waals surface area contributed by atoms with Crippen LogP contribution in [0.25, 0.3) is 21.9 Å². The molecule has 5 aromatic carbocycles. The molecular formula is C40H37N3. The highest BCUT2D eigenvalue weighted by molar-refractivity contribution is 6.13. The van der Waals surface area contributed by atoms with Crippen LogP contribution in [-0.2, 0) is 5.41 Å². The molecule has 0 fully saturated rings. The molecule has 0 aliphatic rings. The van der Waals surface area contributed by atoms with Gasteiger partial charge in [-0.3, -0.25) is 5.41 Å². The second kappa shape index (κ2) is 13.2. The molecule has 1 N–H and O–H groups in total. The van der Waals surface area contributed by atoms with E-state index in [1.54, 1.807) is 6.21 Å². The molecule has 0 aliphatic carbocycles. The maximum Gasteiger partial charge on any atom is 0.161 e. The third kappa shape index (κ3) is 7.02. The number of amidine groups is 2. The SMILES string of the molecule is C/C=C\C=C(/C)C(=N)N=C(N=Cc1ccccc1)c1ccc(C(C)(C)c2ccc(-c3ccc4ccccc4c3)cc2)cc1. The minimum absolute atomic E-state index is 0.189. The van der Waals surface area contributed by atoms with Crippen molar-refractivity contribution in [2.24, 2.45) is 9.98 Å². The van der Waals surface area contributed by atoms with E-state index in [4.69, 9.17) is 10.4 Å². The van der Waals surface area contributed by atoms with Crippen molar-refractivity contribution in [2.45, 2.75) is 33.1 Å². The molecule has 5 rings (SSSR count). The number of nitrogens with zero attached hydrogens (tertiary/aromatic N) is 2. The molecule has 5 aromatic rings. The van der Waals surface area contributed by atoms with Gasteiger partial charge in [0.25, 0.3) is 0 Å². The number of benzene rings is 5. The van der Waals surface area contributed by atoms with Crippen LogP contribution in [0, 0.1) is 5.41 Å². The summed E-state index contributed by atoms with van der Waals surface area (Å²) in [5.41, 5.74) is 7.28. The van der Waals surface area contributed by atoms with Gasteiger partial charge in [-0.15, -0.1) is 0 Å². The van der Waals surface area contributed by atoms with Gasteiger partial charge in [-0.25, -0.2) is 9.98 Å². The topological polar surface area (TPSA) is 48.6 Å². The summed E-state index contributed by atoms with van der Waals surface area (Å²) in [4.78, 5) is 9.34. The fraction of sp³-hybridized carbons (Fsp3) is 0.125. The average Bonchev–Trinajstić information content (AvgIpc) is 3.05. The molecule has 3 heteroatoms. The van der Waals surface area contributed by atoms with Crippen LogP contribution >= 0.6 is 0 Å². The molecule has 0 saturated heterocycles. The second-order valence-corrected chi connectivity index (χ2v) is 11.2. The highest BCUT2D eigenvalue weighted by atomic mass is 14.9. The minimum Gasteiger partial charge on any atom is -0.283 e. The van der Waals surface area contributed by atoms with Crippen molar-refractivity contribution in [3.8, 4) is 11.1 Å². The Morgan fingerprint density at radius 3 is 1.98 bits per heavy atom. The predicted octanol–water partition coefficient (Wildman–Crippen LogP) is 10.2. The molecular weight excluding hydrogens is 522 g/mol. The number of nitrogens with one attached hydrogen (secondary N) is 1. The highest BCUT2D eigenvalue weighted by Gasteiger charge is 2.23. The van der Waals surface area contributed by atoms with Gasteiger partial charge < -0.3 is 0 Å². The largest absolute Gasteiger partial charge is 0.283 e. The quantitative estimate of drug-likeness (QED) is 0.117. The van der Waals surface area contributed by atoms with E-state index >= 15 is 0 Å². The zero-order valence-corrected chi connectivity index (χ0v) is 25.3. The average molecular weight is 560 g/mol. The van der Waals surface area contributed by atoms with E-state index in [1.165, 1.54) is 33.0 Å². The smallest absolute Gasteiger partial charge is 0.161 e. The Labute approximate surface area is 255 Å². The van der Waals surface area contributed by atoms with Crippen molar-refractivity contribution in [3.05, 3.63) is 167 Å². The Bertz CT molecular complexity index is 1840. The van der Waals surface area contributed by atoms with Gasteiger partial charge >= 0.3 is 0 Å². The van der Waals surface area contributed by atoms with Crippen LogP contribution < -0.4 is 0 Å². The summed E-state index contributed by atoms with van der Waals surface area (Å²) in [6.07, 6.45) is 7.54. The molecule has 0 radical (unpaired) electrons. The van der Waals surface area contributed by atoms with E-state index < -0.39 is 0 Å². The van der Waals surface area contributed by atoms with E-state index in [0.717, 1.165) is 16.7 Å². The fourth-order valence-electron chi connectivity index (χ4n) is 5.01. The van der Waals surface area contributed by atoms with E-state index in [-0.39, 0.29) is 11.3 Å². The maximum atomic E-state index is 8.55. The first-order chi connectivity index (χ1) is 20.8. The minimum atomic E-state index is -0.205. The van der Waals surface area contributed by atoms with Gasteiger partial charge in [-0.1, -0.05) is 147 Å². The van der Waals surface area contributed by atoms with Crippen molar-refractivity contribution in [1.82, 2.24) is 0 Å². The van der Waals surface area contributed by atoms with Crippen LogP contribution in [0.4, 0.5) is 0 Å². The normalized spacial score (nSPS) is 12.8. The molecule has 0 aromatic heterocycles. The first-order valence-electron chi connectivity index (χ1n) is 14.6. The number of hydrogen-bond acceptors (Lipinski definition) is 1. The Balaban J connectivity index is 1.41. The lowest BCUT2D eigenvalue weighted by atomic mass is 9.77. The molecule has 0 atom stereocenters. The first-order valence-corrected chi connectivity index (χ1v) is 14.6. The summed E-state index contributed by atoms with van der Waals surface area (Å²) in [6, 6.07) is 42.3. The molecule has 43 heavy (non-hydrogen) atoms. The lowest BCUT2D eigenvalue weighted by molar-refractivity contribution is 0.641. The lowest BCUT2D eigenvalue weighted by Gasteiger charge is -2.26. The van der Waals surface area contributed by atoms with Gasteiger partial charge in [-0.2, -0.15) is 0 Å². The molecule has 212 valence electrons. The zero-order chi connectivity index (χ0) is 30.2. The fourth-order valence-corrected chi connectivity index (χ4v) is 5.01. The summed E-state index contributed by atoms with van der Waals surface area (Å²) in [5, 5.41) is 11.0. The maximum absolute atomic E-state index is 8.55. The van der Waals surface area contributed by atoms with Crippen molar-refractivity contribution >= 4 is 28.7 Å². The predicted molar refractivity (Wildman–Crippen MR) is 185 cm³/mol. The van der Waals surface area contributed by atoms with Gasteiger partial charge in [0.15, 0.2) is 5.84 Å². The highest BCUT2D eigenvalue weighted by Crippen LogP contribution is 2.33. The summed E-state index contributed by atoms with van der Waals surface area (Å²) in [7, 11) is 0. The zero-order valence-electron chi connectivity index (χ0n) is 25.3. The van der Waals surface area contributed by atoms with Crippen LogP contribution in [0.1, 0.15) is 49.9 Å². The molecule has 0 unspecified atom stereocenters. The molecule has 0 aliphatic heterocycles. The van der Waals surface area contributed by atoms with Crippen molar-refractivity contribution in [1.29, 1.82) is 5.41 Å². The number of rotatable bonds is 7.